The second kappa shape index (κ2) is 9.11. The molecule has 0 aliphatic carbocycles. The lowest BCUT2D eigenvalue weighted by Crippen LogP contribution is -2.09. The standard InChI is InChI=1S/C26H20N2O6S/c1-35(30,31)28-19-9-7-17(8-10-19)24-14-23(29)22-12-11-21(13-25(22)34-24)32-15-20-16-33-26(27-20)18-5-3-2-4-6-18/h2-14,16,28H,15H2,1H3. The third kappa shape index (κ3) is 5.25. The number of hydrogen-bond donors (Lipinski definition) is 1. The predicted molar refractivity (Wildman–Crippen MR) is 133 cm³/mol. The van der Waals surface area contributed by atoms with Gasteiger partial charge < -0.3 is 13.6 Å². The number of aromatic nitrogens is 1. The molecule has 0 aliphatic heterocycles. The third-order valence-corrected chi connectivity index (χ3v) is 5.74. The van der Waals surface area contributed by atoms with Gasteiger partial charge >= 0.3 is 0 Å². The van der Waals surface area contributed by atoms with Crippen LogP contribution >= 0.6 is 0 Å². The Morgan fingerprint density at radius 1 is 0.943 bits per heavy atom. The van der Waals surface area contributed by atoms with E-state index in [0.717, 1.165) is 11.8 Å². The molecular weight excluding hydrogens is 468 g/mol. The summed E-state index contributed by atoms with van der Waals surface area (Å²) in [7, 11) is -3.38. The van der Waals surface area contributed by atoms with E-state index < -0.39 is 10.0 Å². The topological polar surface area (TPSA) is 112 Å². The monoisotopic (exact) mass is 488 g/mol. The summed E-state index contributed by atoms with van der Waals surface area (Å²) in [6, 6.07) is 22.5. The summed E-state index contributed by atoms with van der Waals surface area (Å²) < 4.78 is 42.5. The SMILES string of the molecule is CS(=O)(=O)Nc1ccc(-c2cc(=O)c3ccc(OCc4coc(-c5ccccc5)n4)cc3o2)cc1. The first-order valence-electron chi connectivity index (χ1n) is 10.6. The van der Waals surface area contributed by atoms with Crippen molar-refractivity contribution in [1.29, 1.82) is 0 Å². The van der Waals surface area contributed by atoms with E-state index >= 15 is 0 Å². The Morgan fingerprint density at radius 2 is 1.71 bits per heavy atom. The van der Waals surface area contributed by atoms with Crippen molar-refractivity contribution >= 4 is 26.7 Å². The molecular formula is C26H20N2O6S. The minimum Gasteiger partial charge on any atom is -0.487 e. The smallest absolute Gasteiger partial charge is 0.229 e. The van der Waals surface area contributed by atoms with Gasteiger partial charge in [0.15, 0.2) is 5.43 Å². The number of sulfonamides is 1. The largest absolute Gasteiger partial charge is 0.487 e. The van der Waals surface area contributed by atoms with Crippen molar-refractivity contribution in [1.82, 2.24) is 4.98 Å². The molecule has 0 amide bonds. The molecule has 35 heavy (non-hydrogen) atoms. The number of anilines is 1. The minimum absolute atomic E-state index is 0.181. The lowest BCUT2D eigenvalue weighted by molar-refractivity contribution is 0.301. The molecule has 0 saturated carbocycles. The molecule has 176 valence electrons. The molecule has 0 fully saturated rings. The molecule has 2 aromatic heterocycles. The van der Waals surface area contributed by atoms with Gasteiger partial charge in [0.25, 0.3) is 0 Å². The first-order valence-corrected chi connectivity index (χ1v) is 12.5. The molecule has 0 unspecified atom stereocenters. The van der Waals surface area contributed by atoms with Crippen molar-refractivity contribution in [2.45, 2.75) is 6.61 Å². The van der Waals surface area contributed by atoms with Gasteiger partial charge in [-0.1, -0.05) is 18.2 Å². The highest BCUT2D eigenvalue weighted by molar-refractivity contribution is 7.92. The molecule has 5 rings (SSSR count). The van der Waals surface area contributed by atoms with Crippen molar-refractivity contribution < 1.29 is 22.0 Å². The zero-order chi connectivity index (χ0) is 24.4. The van der Waals surface area contributed by atoms with Crippen LogP contribution in [0.4, 0.5) is 5.69 Å². The number of rotatable bonds is 7. The Labute approximate surface area is 200 Å². The molecule has 0 spiro atoms. The van der Waals surface area contributed by atoms with Crippen LogP contribution in [0.1, 0.15) is 5.69 Å². The zero-order valence-corrected chi connectivity index (χ0v) is 19.4. The fourth-order valence-electron chi connectivity index (χ4n) is 3.53. The van der Waals surface area contributed by atoms with Crippen molar-refractivity contribution in [2.75, 3.05) is 11.0 Å². The molecule has 9 heteroatoms. The molecule has 0 saturated heterocycles. The number of nitrogens with zero attached hydrogens (tertiary/aromatic N) is 1. The van der Waals surface area contributed by atoms with Crippen LogP contribution < -0.4 is 14.9 Å². The van der Waals surface area contributed by atoms with Gasteiger partial charge in [0.2, 0.25) is 15.9 Å². The summed E-state index contributed by atoms with van der Waals surface area (Å²) in [4.78, 5) is 17.1. The molecule has 0 atom stereocenters. The van der Waals surface area contributed by atoms with Gasteiger partial charge in [-0.3, -0.25) is 9.52 Å². The van der Waals surface area contributed by atoms with Crippen molar-refractivity contribution in [3.63, 3.8) is 0 Å². The Hall–Kier alpha value is -4.37. The lowest BCUT2D eigenvalue weighted by Gasteiger charge is -2.08. The quantitative estimate of drug-likeness (QED) is 0.341. The fourth-order valence-corrected chi connectivity index (χ4v) is 4.09. The number of oxazole rings is 1. The van der Waals surface area contributed by atoms with Gasteiger partial charge in [0.1, 0.15) is 35.7 Å². The summed E-state index contributed by atoms with van der Waals surface area (Å²) in [5.74, 6) is 1.38. The second-order valence-electron chi connectivity index (χ2n) is 7.88. The maximum Gasteiger partial charge on any atom is 0.229 e. The van der Waals surface area contributed by atoms with E-state index in [4.69, 9.17) is 13.6 Å². The van der Waals surface area contributed by atoms with Gasteiger partial charge in [-0.15, -0.1) is 0 Å². The molecule has 0 radical (unpaired) electrons. The van der Waals surface area contributed by atoms with Crippen LogP contribution in [0.2, 0.25) is 0 Å². The first kappa shape index (κ1) is 22.4. The molecule has 3 aromatic carbocycles. The maximum atomic E-state index is 12.6. The minimum atomic E-state index is -3.38. The van der Waals surface area contributed by atoms with E-state index in [2.05, 4.69) is 9.71 Å². The van der Waals surface area contributed by atoms with Gasteiger partial charge in [-0.25, -0.2) is 13.4 Å². The summed E-state index contributed by atoms with van der Waals surface area (Å²) in [5.41, 5.74) is 2.72. The highest BCUT2D eigenvalue weighted by Gasteiger charge is 2.11. The van der Waals surface area contributed by atoms with Crippen molar-refractivity contribution in [2.24, 2.45) is 0 Å². The Morgan fingerprint density at radius 3 is 2.46 bits per heavy atom. The normalized spacial score (nSPS) is 11.5. The maximum absolute atomic E-state index is 12.6. The number of fused-ring (bicyclic) bond motifs is 1. The van der Waals surface area contributed by atoms with E-state index in [9.17, 15) is 13.2 Å². The van der Waals surface area contributed by atoms with Crippen molar-refractivity contribution in [3.8, 4) is 28.5 Å². The van der Waals surface area contributed by atoms with Crippen LogP contribution in [0.15, 0.2) is 98.8 Å². The van der Waals surface area contributed by atoms with E-state index in [1.54, 1.807) is 48.7 Å². The van der Waals surface area contributed by atoms with Gasteiger partial charge in [0.05, 0.1) is 11.6 Å². The first-order chi connectivity index (χ1) is 16.8. The summed E-state index contributed by atoms with van der Waals surface area (Å²) >= 11 is 0. The van der Waals surface area contributed by atoms with E-state index in [1.807, 2.05) is 30.3 Å². The molecule has 2 heterocycles. The number of hydrogen-bond acceptors (Lipinski definition) is 7. The summed E-state index contributed by atoms with van der Waals surface area (Å²) in [6.07, 6.45) is 2.62. The van der Waals surface area contributed by atoms with Crippen LogP contribution in [-0.4, -0.2) is 19.7 Å². The lowest BCUT2D eigenvalue weighted by atomic mass is 10.1. The Balaban J connectivity index is 1.36. The van der Waals surface area contributed by atoms with Crippen LogP contribution in [0.25, 0.3) is 33.7 Å². The summed E-state index contributed by atoms with van der Waals surface area (Å²) in [5, 5.41) is 0.421. The van der Waals surface area contributed by atoms with Gasteiger partial charge in [0, 0.05) is 28.9 Å². The highest BCUT2D eigenvalue weighted by atomic mass is 32.2. The average Bonchev–Trinajstić information content (AvgIpc) is 3.32. The van der Waals surface area contributed by atoms with Crippen LogP contribution in [0, 0.1) is 0 Å². The zero-order valence-electron chi connectivity index (χ0n) is 18.6. The predicted octanol–water partition coefficient (Wildman–Crippen LogP) is 5.07. The van der Waals surface area contributed by atoms with Crippen LogP contribution in [0.3, 0.4) is 0 Å². The average molecular weight is 489 g/mol. The van der Waals surface area contributed by atoms with Crippen LogP contribution in [-0.2, 0) is 16.6 Å². The fraction of sp³-hybridized carbons (Fsp3) is 0.0769. The number of nitrogens with one attached hydrogen (secondary N) is 1. The highest BCUT2D eigenvalue weighted by Crippen LogP contribution is 2.27. The van der Waals surface area contributed by atoms with Crippen LogP contribution in [0.5, 0.6) is 5.75 Å². The Bertz CT molecular complexity index is 1660. The van der Waals surface area contributed by atoms with Gasteiger partial charge in [-0.2, -0.15) is 0 Å². The molecule has 0 bridgehead atoms. The van der Waals surface area contributed by atoms with E-state index in [1.165, 1.54) is 6.07 Å². The molecule has 1 N–H and O–H groups in total. The number of ether oxygens (including phenoxy) is 1. The second-order valence-corrected chi connectivity index (χ2v) is 9.63. The van der Waals surface area contributed by atoms with Crippen molar-refractivity contribution in [3.05, 3.63) is 101 Å². The third-order valence-electron chi connectivity index (χ3n) is 5.13. The number of benzene rings is 3. The molecule has 8 nitrogen and oxygen atoms in total. The molecule has 5 aromatic rings. The van der Waals surface area contributed by atoms with E-state index in [-0.39, 0.29) is 12.0 Å². The van der Waals surface area contributed by atoms with Gasteiger partial charge in [-0.05, 0) is 48.5 Å². The summed E-state index contributed by atoms with van der Waals surface area (Å²) in [6.45, 7) is 0.181. The molecule has 0 aliphatic rings. The Kier molecular flexibility index (Phi) is 5.84. The van der Waals surface area contributed by atoms with E-state index in [0.29, 0.717) is 45.3 Å².